The van der Waals surface area contributed by atoms with Crippen LogP contribution in [0.5, 0.6) is 0 Å². The van der Waals surface area contributed by atoms with E-state index in [9.17, 15) is 4.79 Å². The summed E-state index contributed by atoms with van der Waals surface area (Å²) in [5, 5.41) is 9.28. The third-order valence-electron chi connectivity index (χ3n) is 3.98. The van der Waals surface area contributed by atoms with Gasteiger partial charge in [-0.3, -0.25) is 9.20 Å². The third-order valence-corrected chi connectivity index (χ3v) is 4.26. The summed E-state index contributed by atoms with van der Waals surface area (Å²) in [6.07, 6.45) is 8.84. The molecule has 3 rings (SSSR count). The van der Waals surface area contributed by atoms with Crippen LogP contribution in [-0.4, -0.2) is 44.5 Å². The molecule has 6 heteroatoms. The van der Waals surface area contributed by atoms with Gasteiger partial charge < -0.3 is 10.0 Å². The summed E-state index contributed by atoms with van der Waals surface area (Å²) in [7, 11) is 0. The molecule has 0 atom stereocenters. The van der Waals surface area contributed by atoms with Gasteiger partial charge in [0.2, 0.25) is 5.91 Å². The normalized spacial score (nSPS) is 14.7. The molecular weight excluding hydrogens is 314 g/mol. The molecule has 1 aliphatic carbocycles. The number of fused-ring (bicyclic) bond motifs is 1. The molecule has 0 bridgehead atoms. The Morgan fingerprint density at radius 3 is 3.00 bits per heavy atom. The van der Waals surface area contributed by atoms with Crippen LogP contribution < -0.4 is 0 Å². The minimum absolute atomic E-state index is 0.00705. The number of aromatic nitrogens is 2. The van der Waals surface area contributed by atoms with Crippen molar-refractivity contribution >= 4 is 29.2 Å². The van der Waals surface area contributed by atoms with Crippen molar-refractivity contribution in [1.29, 1.82) is 0 Å². The van der Waals surface area contributed by atoms with Crippen LogP contribution in [0, 0.1) is 0 Å². The molecule has 1 aliphatic rings. The third kappa shape index (κ3) is 3.74. The van der Waals surface area contributed by atoms with Crippen LogP contribution >= 0.6 is 11.6 Å². The molecule has 2 aromatic rings. The predicted octanol–water partition coefficient (Wildman–Crippen LogP) is 2.76. The lowest BCUT2D eigenvalue weighted by Crippen LogP contribution is -2.32. The standard InChI is InChI=1S/C17H20ClN3O2/c18-17-14(21-11-2-1-5-15(21)19-17)8-9-16(23)20(13-6-7-13)10-3-4-12-22/h1-2,5,8-9,11,13,22H,3-4,6-7,10,12H2/b9-8+. The van der Waals surface area contributed by atoms with E-state index in [2.05, 4.69) is 4.98 Å². The largest absolute Gasteiger partial charge is 0.396 e. The number of carbonyl (C=O) groups excluding carboxylic acids is 1. The first-order valence-electron chi connectivity index (χ1n) is 7.93. The molecule has 0 aromatic carbocycles. The molecule has 1 saturated carbocycles. The molecular formula is C17H20ClN3O2. The van der Waals surface area contributed by atoms with E-state index in [4.69, 9.17) is 16.7 Å². The fourth-order valence-electron chi connectivity index (χ4n) is 2.63. The van der Waals surface area contributed by atoms with Gasteiger partial charge in [0.25, 0.3) is 0 Å². The fraction of sp³-hybridized carbons (Fsp3) is 0.412. The zero-order valence-electron chi connectivity index (χ0n) is 12.9. The highest BCUT2D eigenvalue weighted by atomic mass is 35.5. The van der Waals surface area contributed by atoms with Crippen LogP contribution in [0.4, 0.5) is 0 Å². The number of pyridine rings is 1. The quantitative estimate of drug-likeness (QED) is 0.626. The maximum absolute atomic E-state index is 12.5. The lowest BCUT2D eigenvalue weighted by molar-refractivity contribution is -0.126. The summed E-state index contributed by atoms with van der Waals surface area (Å²) < 4.78 is 1.86. The number of nitrogens with zero attached hydrogens (tertiary/aromatic N) is 3. The molecule has 23 heavy (non-hydrogen) atoms. The van der Waals surface area contributed by atoms with Gasteiger partial charge in [-0.1, -0.05) is 17.7 Å². The maximum atomic E-state index is 12.5. The number of hydrogen-bond donors (Lipinski definition) is 1. The van der Waals surface area contributed by atoms with Gasteiger partial charge in [0.15, 0.2) is 5.15 Å². The highest BCUT2D eigenvalue weighted by Crippen LogP contribution is 2.27. The summed E-state index contributed by atoms with van der Waals surface area (Å²) in [4.78, 5) is 18.6. The number of imidazole rings is 1. The number of halogens is 1. The second-order valence-corrected chi connectivity index (χ2v) is 6.10. The van der Waals surface area contributed by atoms with E-state index in [-0.39, 0.29) is 12.5 Å². The molecule has 0 saturated heterocycles. The van der Waals surface area contributed by atoms with Crippen molar-refractivity contribution in [3.8, 4) is 0 Å². The molecule has 5 nitrogen and oxygen atoms in total. The van der Waals surface area contributed by atoms with Gasteiger partial charge in [-0.2, -0.15) is 0 Å². The lowest BCUT2D eigenvalue weighted by atomic mass is 10.2. The highest BCUT2D eigenvalue weighted by molar-refractivity contribution is 6.31. The Bertz CT molecular complexity index is 722. The summed E-state index contributed by atoms with van der Waals surface area (Å²) in [6, 6.07) is 6.02. The summed E-state index contributed by atoms with van der Waals surface area (Å²) in [6.45, 7) is 0.856. The first-order chi connectivity index (χ1) is 11.2. The van der Waals surface area contributed by atoms with Gasteiger partial charge in [0, 0.05) is 31.5 Å². The maximum Gasteiger partial charge on any atom is 0.246 e. The molecule has 0 spiro atoms. The molecule has 122 valence electrons. The first kappa shape index (κ1) is 16.0. The van der Waals surface area contributed by atoms with Crippen LogP contribution in [0.2, 0.25) is 5.15 Å². The van der Waals surface area contributed by atoms with Crippen molar-refractivity contribution in [3.05, 3.63) is 41.3 Å². The van der Waals surface area contributed by atoms with Gasteiger partial charge in [0.1, 0.15) is 5.65 Å². The Hall–Kier alpha value is -1.85. The Morgan fingerprint density at radius 2 is 2.26 bits per heavy atom. The van der Waals surface area contributed by atoms with E-state index < -0.39 is 0 Å². The number of carbonyl (C=O) groups is 1. The smallest absolute Gasteiger partial charge is 0.246 e. The van der Waals surface area contributed by atoms with Crippen LogP contribution in [-0.2, 0) is 4.79 Å². The van der Waals surface area contributed by atoms with Crippen molar-refractivity contribution in [1.82, 2.24) is 14.3 Å². The van der Waals surface area contributed by atoms with Crippen molar-refractivity contribution in [2.75, 3.05) is 13.2 Å². The lowest BCUT2D eigenvalue weighted by Gasteiger charge is -2.20. The average Bonchev–Trinajstić information content (AvgIpc) is 3.33. The van der Waals surface area contributed by atoms with Gasteiger partial charge in [-0.05, 0) is 43.9 Å². The van der Waals surface area contributed by atoms with Crippen molar-refractivity contribution in [3.63, 3.8) is 0 Å². The SMILES string of the molecule is O=C(/C=C/c1c(Cl)nc2ccccn12)N(CCCCO)C1CC1. The Morgan fingerprint density at radius 1 is 1.43 bits per heavy atom. The Labute approximate surface area is 140 Å². The average molecular weight is 334 g/mol. The predicted molar refractivity (Wildman–Crippen MR) is 90.3 cm³/mol. The van der Waals surface area contributed by atoms with E-state index in [1.165, 1.54) is 0 Å². The fourth-order valence-corrected chi connectivity index (χ4v) is 2.87. The first-order valence-corrected chi connectivity index (χ1v) is 8.30. The molecule has 2 heterocycles. The van der Waals surface area contributed by atoms with Gasteiger partial charge in [-0.25, -0.2) is 4.98 Å². The second kappa shape index (κ2) is 7.15. The molecule has 1 fully saturated rings. The molecule has 2 aromatic heterocycles. The van der Waals surface area contributed by atoms with E-state index in [0.29, 0.717) is 23.4 Å². The Balaban J connectivity index is 1.74. The number of rotatable bonds is 7. The minimum Gasteiger partial charge on any atom is -0.396 e. The highest BCUT2D eigenvalue weighted by Gasteiger charge is 2.31. The number of amides is 1. The molecule has 1 N–H and O–H groups in total. The zero-order valence-corrected chi connectivity index (χ0v) is 13.6. The summed E-state index contributed by atoms with van der Waals surface area (Å²) >= 11 is 6.17. The summed E-state index contributed by atoms with van der Waals surface area (Å²) in [5.74, 6) is -0.00705. The molecule has 0 aliphatic heterocycles. The number of aliphatic hydroxyl groups excluding tert-OH is 1. The van der Waals surface area contributed by atoms with Crippen molar-refractivity contribution in [2.24, 2.45) is 0 Å². The van der Waals surface area contributed by atoms with E-state index >= 15 is 0 Å². The molecule has 1 amide bonds. The van der Waals surface area contributed by atoms with E-state index in [0.717, 1.165) is 31.3 Å². The molecule has 0 radical (unpaired) electrons. The Kier molecular flexibility index (Phi) is 4.98. The van der Waals surface area contributed by atoms with E-state index in [1.807, 2.05) is 33.7 Å². The van der Waals surface area contributed by atoms with Gasteiger partial charge >= 0.3 is 0 Å². The molecule has 0 unspecified atom stereocenters. The van der Waals surface area contributed by atoms with Crippen LogP contribution in [0.3, 0.4) is 0 Å². The van der Waals surface area contributed by atoms with Crippen LogP contribution in [0.1, 0.15) is 31.4 Å². The van der Waals surface area contributed by atoms with Gasteiger partial charge in [-0.15, -0.1) is 0 Å². The monoisotopic (exact) mass is 333 g/mol. The van der Waals surface area contributed by atoms with Crippen LogP contribution in [0.25, 0.3) is 11.7 Å². The topological polar surface area (TPSA) is 57.8 Å². The van der Waals surface area contributed by atoms with Crippen molar-refractivity contribution in [2.45, 2.75) is 31.7 Å². The van der Waals surface area contributed by atoms with Crippen molar-refractivity contribution < 1.29 is 9.90 Å². The van der Waals surface area contributed by atoms with Gasteiger partial charge in [0.05, 0.1) is 5.69 Å². The number of unbranched alkanes of at least 4 members (excludes halogenated alkanes) is 1. The van der Waals surface area contributed by atoms with E-state index in [1.54, 1.807) is 12.2 Å². The van der Waals surface area contributed by atoms with Crippen LogP contribution in [0.15, 0.2) is 30.5 Å². The number of aliphatic hydroxyl groups is 1. The minimum atomic E-state index is -0.00705. The number of hydrogen-bond acceptors (Lipinski definition) is 3. The zero-order chi connectivity index (χ0) is 16.2. The summed E-state index contributed by atoms with van der Waals surface area (Å²) in [5.41, 5.74) is 1.47. The second-order valence-electron chi connectivity index (χ2n) is 5.74.